The second kappa shape index (κ2) is 8.99. The third kappa shape index (κ3) is 5.33. The van der Waals surface area contributed by atoms with Crippen molar-refractivity contribution in [3.8, 4) is 0 Å². The standard InChI is InChI=1S/C15H19N5OS/c1-2-11-20-15(17-18-19-20)22-12-9-14(21)16-10-8-13-6-4-3-5-7-13/h2-7H,1,8-12H2,(H,16,21). The summed E-state index contributed by atoms with van der Waals surface area (Å²) in [6.07, 6.45) is 3.02. The molecule has 1 amide bonds. The normalized spacial score (nSPS) is 10.4. The number of nitrogens with one attached hydrogen (secondary N) is 1. The van der Waals surface area contributed by atoms with Gasteiger partial charge in [-0.2, -0.15) is 0 Å². The molecule has 116 valence electrons. The first kappa shape index (κ1) is 16.2. The van der Waals surface area contributed by atoms with Crippen molar-refractivity contribution in [3.05, 3.63) is 48.6 Å². The van der Waals surface area contributed by atoms with Gasteiger partial charge >= 0.3 is 0 Å². The molecular formula is C15H19N5OS. The summed E-state index contributed by atoms with van der Waals surface area (Å²) >= 11 is 1.47. The second-order valence-electron chi connectivity index (χ2n) is 4.62. The number of allylic oxidation sites excluding steroid dienone is 1. The minimum atomic E-state index is 0.0474. The van der Waals surface area contributed by atoms with Crippen LogP contribution in [0.4, 0.5) is 0 Å². The molecule has 0 radical (unpaired) electrons. The van der Waals surface area contributed by atoms with E-state index in [1.54, 1.807) is 10.8 Å². The van der Waals surface area contributed by atoms with Gasteiger partial charge in [-0.1, -0.05) is 48.2 Å². The number of benzene rings is 1. The van der Waals surface area contributed by atoms with E-state index in [1.807, 2.05) is 18.2 Å². The van der Waals surface area contributed by atoms with Crippen LogP contribution in [0.2, 0.25) is 0 Å². The smallest absolute Gasteiger partial charge is 0.220 e. The molecule has 22 heavy (non-hydrogen) atoms. The zero-order valence-corrected chi connectivity index (χ0v) is 13.1. The fourth-order valence-electron chi connectivity index (χ4n) is 1.85. The van der Waals surface area contributed by atoms with Gasteiger partial charge in [0.15, 0.2) is 0 Å². The van der Waals surface area contributed by atoms with Crippen LogP contribution in [0.25, 0.3) is 0 Å². The van der Waals surface area contributed by atoms with Crippen molar-refractivity contribution < 1.29 is 4.79 Å². The summed E-state index contributed by atoms with van der Waals surface area (Å²) < 4.78 is 1.66. The number of tetrazole rings is 1. The molecule has 0 atom stereocenters. The topological polar surface area (TPSA) is 72.7 Å². The number of aromatic nitrogens is 4. The molecule has 0 aliphatic heterocycles. The number of hydrogen-bond acceptors (Lipinski definition) is 5. The first-order chi connectivity index (χ1) is 10.8. The van der Waals surface area contributed by atoms with Gasteiger partial charge in [0, 0.05) is 18.7 Å². The van der Waals surface area contributed by atoms with E-state index in [-0.39, 0.29) is 5.91 Å². The van der Waals surface area contributed by atoms with Crippen LogP contribution < -0.4 is 5.32 Å². The molecule has 7 heteroatoms. The number of carbonyl (C=O) groups is 1. The SMILES string of the molecule is C=CCn1nnnc1SCCC(=O)NCCc1ccccc1. The number of rotatable bonds is 9. The van der Waals surface area contributed by atoms with Gasteiger partial charge in [-0.05, 0) is 22.4 Å². The van der Waals surface area contributed by atoms with Gasteiger partial charge in [0.25, 0.3) is 0 Å². The molecule has 1 aromatic carbocycles. The van der Waals surface area contributed by atoms with E-state index in [4.69, 9.17) is 0 Å². The minimum Gasteiger partial charge on any atom is -0.356 e. The van der Waals surface area contributed by atoms with Gasteiger partial charge in [-0.25, -0.2) is 4.68 Å². The van der Waals surface area contributed by atoms with Crippen molar-refractivity contribution in [2.24, 2.45) is 0 Å². The lowest BCUT2D eigenvalue weighted by atomic mass is 10.1. The van der Waals surface area contributed by atoms with E-state index in [0.29, 0.717) is 30.4 Å². The van der Waals surface area contributed by atoms with Gasteiger partial charge in [0.2, 0.25) is 11.1 Å². The van der Waals surface area contributed by atoms with Crippen molar-refractivity contribution in [2.75, 3.05) is 12.3 Å². The Hall–Kier alpha value is -2.15. The minimum absolute atomic E-state index is 0.0474. The molecule has 0 saturated heterocycles. The molecule has 0 bridgehead atoms. The molecule has 2 aromatic rings. The zero-order valence-electron chi connectivity index (χ0n) is 12.3. The van der Waals surface area contributed by atoms with Crippen LogP contribution >= 0.6 is 11.8 Å². The Balaban J connectivity index is 1.63. The maximum Gasteiger partial charge on any atom is 0.220 e. The van der Waals surface area contributed by atoms with Crippen LogP contribution in [0.5, 0.6) is 0 Å². The third-order valence-corrected chi connectivity index (χ3v) is 3.90. The third-order valence-electron chi connectivity index (χ3n) is 2.94. The maximum absolute atomic E-state index is 11.8. The Morgan fingerprint density at radius 3 is 2.95 bits per heavy atom. The summed E-state index contributed by atoms with van der Waals surface area (Å²) in [6.45, 7) is 4.88. The van der Waals surface area contributed by atoms with Gasteiger partial charge < -0.3 is 5.32 Å². The lowest BCUT2D eigenvalue weighted by Gasteiger charge is -2.05. The number of carbonyl (C=O) groups excluding carboxylic acids is 1. The first-order valence-corrected chi connectivity index (χ1v) is 8.08. The Kier molecular flexibility index (Phi) is 6.63. The summed E-state index contributed by atoms with van der Waals surface area (Å²) in [6, 6.07) is 10.1. The van der Waals surface area contributed by atoms with Crippen LogP contribution in [0, 0.1) is 0 Å². The Morgan fingerprint density at radius 1 is 1.36 bits per heavy atom. The van der Waals surface area contributed by atoms with E-state index >= 15 is 0 Å². The van der Waals surface area contributed by atoms with E-state index in [9.17, 15) is 4.79 Å². The molecule has 0 aliphatic carbocycles. The molecule has 6 nitrogen and oxygen atoms in total. The highest BCUT2D eigenvalue weighted by molar-refractivity contribution is 7.99. The van der Waals surface area contributed by atoms with Crippen molar-refractivity contribution >= 4 is 17.7 Å². The highest BCUT2D eigenvalue weighted by Gasteiger charge is 2.07. The zero-order chi connectivity index (χ0) is 15.6. The average Bonchev–Trinajstić information content (AvgIpc) is 2.96. The summed E-state index contributed by atoms with van der Waals surface area (Å²) in [5.41, 5.74) is 1.22. The van der Waals surface area contributed by atoms with Crippen molar-refractivity contribution in [3.63, 3.8) is 0 Å². The fraction of sp³-hybridized carbons (Fsp3) is 0.333. The quantitative estimate of drug-likeness (QED) is 0.563. The van der Waals surface area contributed by atoms with Gasteiger partial charge in [-0.15, -0.1) is 11.7 Å². The maximum atomic E-state index is 11.8. The summed E-state index contributed by atoms with van der Waals surface area (Å²) in [7, 11) is 0. The van der Waals surface area contributed by atoms with E-state index in [2.05, 4.69) is 39.6 Å². The lowest BCUT2D eigenvalue weighted by molar-refractivity contribution is -0.120. The van der Waals surface area contributed by atoms with Gasteiger partial charge in [0.05, 0.1) is 6.54 Å². The molecular weight excluding hydrogens is 298 g/mol. The molecule has 0 unspecified atom stereocenters. The Labute approximate surface area is 134 Å². The van der Waals surface area contributed by atoms with Crippen LogP contribution in [0.3, 0.4) is 0 Å². The van der Waals surface area contributed by atoms with Crippen LogP contribution in [-0.2, 0) is 17.8 Å². The lowest BCUT2D eigenvalue weighted by Crippen LogP contribution is -2.25. The van der Waals surface area contributed by atoms with Gasteiger partial charge in [0.1, 0.15) is 0 Å². The van der Waals surface area contributed by atoms with Crippen LogP contribution in [-0.4, -0.2) is 38.4 Å². The van der Waals surface area contributed by atoms with E-state index < -0.39 is 0 Å². The summed E-state index contributed by atoms with van der Waals surface area (Å²) in [5, 5.41) is 15.0. The monoisotopic (exact) mass is 317 g/mol. The average molecular weight is 317 g/mol. The highest BCUT2D eigenvalue weighted by Crippen LogP contribution is 2.14. The number of nitrogens with zero attached hydrogens (tertiary/aromatic N) is 4. The molecule has 0 spiro atoms. The molecule has 0 aliphatic rings. The van der Waals surface area contributed by atoms with E-state index in [1.165, 1.54) is 17.3 Å². The first-order valence-electron chi connectivity index (χ1n) is 7.10. The van der Waals surface area contributed by atoms with Crippen molar-refractivity contribution in [1.29, 1.82) is 0 Å². The predicted molar refractivity (Wildman–Crippen MR) is 86.5 cm³/mol. The van der Waals surface area contributed by atoms with Gasteiger partial charge in [-0.3, -0.25) is 4.79 Å². The second-order valence-corrected chi connectivity index (χ2v) is 5.68. The molecule has 1 heterocycles. The molecule has 1 aromatic heterocycles. The Morgan fingerprint density at radius 2 is 2.18 bits per heavy atom. The highest BCUT2D eigenvalue weighted by atomic mass is 32.2. The van der Waals surface area contributed by atoms with E-state index in [0.717, 1.165) is 6.42 Å². The molecule has 1 N–H and O–H groups in total. The Bertz CT molecular complexity index is 599. The van der Waals surface area contributed by atoms with Crippen LogP contribution in [0.1, 0.15) is 12.0 Å². The summed E-state index contributed by atoms with van der Waals surface area (Å²) in [4.78, 5) is 11.8. The van der Waals surface area contributed by atoms with Crippen LogP contribution in [0.15, 0.2) is 48.1 Å². The van der Waals surface area contributed by atoms with Crippen molar-refractivity contribution in [1.82, 2.24) is 25.5 Å². The van der Waals surface area contributed by atoms with Crippen molar-refractivity contribution in [2.45, 2.75) is 24.5 Å². The fourth-order valence-corrected chi connectivity index (χ4v) is 2.68. The molecule has 0 fully saturated rings. The molecule has 2 rings (SSSR count). The molecule has 0 saturated carbocycles. The number of hydrogen-bond donors (Lipinski definition) is 1. The number of amides is 1. The summed E-state index contributed by atoms with van der Waals surface area (Å²) in [5.74, 6) is 0.695. The largest absolute Gasteiger partial charge is 0.356 e. The predicted octanol–water partition coefficient (Wildman–Crippen LogP) is 1.70. The number of thioether (sulfide) groups is 1.